The van der Waals surface area contributed by atoms with E-state index >= 15 is 0 Å². The molecule has 0 radical (unpaired) electrons. The van der Waals surface area contributed by atoms with Crippen LogP contribution in [0.2, 0.25) is 0 Å². The molecule has 6 rings (SSSR count). The number of aromatic nitrogens is 6. The summed E-state index contributed by atoms with van der Waals surface area (Å²) >= 11 is 0. The van der Waals surface area contributed by atoms with Crippen molar-refractivity contribution in [2.75, 3.05) is 13.1 Å². The number of fused-ring (bicyclic) bond motifs is 1. The van der Waals surface area contributed by atoms with Crippen molar-refractivity contribution in [3.05, 3.63) is 65.2 Å². The lowest BCUT2D eigenvalue weighted by molar-refractivity contribution is -0.172. The maximum atomic E-state index is 13.3. The van der Waals surface area contributed by atoms with Crippen LogP contribution in [0, 0.1) is 17.7 Å². The monoisotopic (exact) mass is 549 g/mol. The minimum Gasteiger partial charge on any atom is -0.444 e. The Morgan fingerprint density at radius 3 is 2.52 bits per heavy atom. The molecule has 3 aromatic heterocycles. The van der Waals surface area contributed by atoms with Crippen molar-refractivity contribution in [2.45, 2.75) is 50.9 Å². The molecule has 0 atom stereocenters. The van der Waals surface area contributed by atoms with Gasteiger partial charge in [-0.25, -0.2) is 14.1 Å². The predicted molar refractivity (Wildman–Crippen MR) is 143 cm³/mol. The van der Waals surface area contributed by atoms with E-state index in [1.54, 1.807) is 47.0 Å². The molecule has 4 heterocycles. The maximum absolute atomic E-state index is 13.3. The highest BCUT2D eigenvalue weighted by Crippen LogP contribution is 2.35. The van der Waals surface area contributed by atoms with Gasteiger partial charge in [-0.05, 0) is 55.9 Å². The number of ether oxygens (including phenoxy) is 1. The van der Waals surface area contributed by atoms with Gasteiger partial charge < -0.3 is 14.7 Å². The number of carbonyl (C=O) groups is 1. The van der Waals surface area contributed by atoms with Crippen molar-refractivity contribution in [1.82, 2.24) is 34.0 Å². The summed E-state index contributed by atoms with van der Waals surface area (Å²) in [5.41, 5.74) is 0.888. The van der Waals surface area contributed by atoms with Gasteiger partial charge in [0.2, 0.25) is 17.6 Å². The summed E-state index contributed by atoms with van der Waals surface area (Å²) in [6.45, 7) is 1.80. The summed E-state index contributed by atoms with van der Waals surface area (Å²) in [4.78, 5) is 32.8. The molecule has 0 unspecified atom stereocenters. The molecule has 1 saturated carbocycles. The molecule has 1 saturated heterocycles. The number of hydrogen-bond donors (Lipinski definition) is 1. The van der Waals surface area contributed by atoms with Gasteiger partial charge in [-0.1, -0.05) is 0 Å². The van der Waals surface area contributed by atoms with Crippen molar-refractivity contribution in [2.24, 2.45) is 18.9 Å². The second-order valence-corrected chi connectivity index (χ2v) is 10.9. The minimum atomic E-state index is -1.30. The molecule has 1 aliphatic carbocycles. The van der Waals surface area contributed by atoms with E-state index in [1.807, 2.05) is 4.90 Å². The lowest BCUT2D eigenvalue weighted by atomic mass is 9.83. The zero-order valence-corrected chi connectivity index (χ0v) is 22.3. The van der Waals surface area contributed by atoms with Crippen LogP contribution >= 0.6 is 0 Å². The van der Waals surface area contributed by atoms with Gasteiger partial charge in [0.15, 0.2) is 5.65 Å². The molecule has 12 heteroatoms. The van der Waals surface area contributed by atoms with E-state index in [0.29, 0.717) is 67.9 Å². The molecule has 1 aliphatic heterocycles. The molecule has 0 bridgehead atoms. The van der Waals surface area contributed by atoms with Crippen LogP contribution < -0.4 is 10.3 Å². The van der Waals surface area contributed by atoms with Gasteiger partial charge in [-0.15, -0.1) is 5.10 Å². The lowest BCUT2D eigenvalue weighted by Gasteiger charge is -2.38. The third-order valence-electron chi connectivity index (χ3n) is 8.11. The molecule has 210 valence electrons. The van der Waals surface area contributed by atoms with E-state index in [1.165, 1.54) is 23.0 Å². The highest BCUT2D eigenvalue weighted by atomic mass is 19.1. The topological polar surface area (TPSA) is 120 Å². The summed E-state index contributed by atoms with van der Waals surface area (Å²) in [5.74, 6) is -1.01. The number of likely N-dealkylation sites (tertiary alicyclic amines) is 1. The number of aliphatic hydroxyl groups is 1. The zero-order valence-electron chi connectivity index (χ0n) is 22.3. The zero-order chi connectivity index (χ0) is 27.9. The van der Waals surface area contributed by atoms with Crippen LogP contribution in [0.25, 0.3) is 16.7 Å². The molecule has 11 nitrogen and oxygen atoms in total. The average Bonchev–Trinajstić information content (AvgIpc) is 3.57. The van der Waals surface area contributed by atoms with Gasteiger partial charge in [0.1, 0.15) is 11.2 Å². The normalized spacial score (nSPS) is 22.1. The highest BCUT2D eigenvalue weighted by molar-refractivity contribution is 5.79. The first kappa shape index (κ1) is 26.2. The quantitative estimate of drug-likeness (QED) is 0.367. The van der Waals surface area contributed by atoms with Crippen LogP contribution in [0.15, 0.2) is 53.8 Å². The standard InChI is InChI=1S/C28H32FN7O4/c1-33-13-10-24(32-33)40-28(39)11-6-20(7-12-28)26(37)34-14-8-19(9-15-34)17-35-18-30-25-23(27(35)38)16-31-36(25)22-4-2-21(29)3-5-22/h2-5,10,13,16,18-20,39H,6-9,11-12,14-15,17H2,1H3/t20-,28+. The number of amides is 1. The molecule has 2 fully saturated rings. The van der Waals surface area contributed by atoms with E-state index < -0.39 is 5.79 Å². The fourth-order valence-corrected chi connectivity index (χ4v) is 5.78. The molecule has 0 spiro atoms. The van der Waals surface area contributed by atoms with Gasteiger partial charge in [-0.2, -0.15) is 5.10 Å². The Labute approximate surface area is 229 Å². The fraction of sp³-hybridized carbons (Fsp3) is 0.464. The summed E-state index contributed by atoms with van der Waals surface area (Å²) < 4.78 is 23.8. The predicted octanol–water partition coefficient (Wildman–Crippen LogP) is 2.65. The van der Waals surface area contributed by atoms with Gasteiger partial charge in [0.05, 0.1) is 18.2 Å². The average molecular weight is 550 g/mol. The van der Waals surface area contributed by atoms with Crippen molar-refractivity contribution < 1.29 is 19.0 Å². The van der Waals surface area contributed by atoms with Crippen molar-refractivity contribution in [3.8, 4) is 11.6 Å². The second-order valence-electron chi connectivity index (χ2n) is 10.9. The Morgan fingerprint density at radius 2 is 1.85 bits per heavy atom. The Kier molecular flexibility index (Phi) is 6.87. The van der Waals surface area contributed by atoms with E-state index in [-0.39, 0.29) is 29.1 Å². The third kappa shape index (κ3) is 5.23. The Balaban J connectivity index is 1.03. The van der Waals surface area contributed by atoms with E-state index in [4.69, 9.17) is 4.74 Å². The number of benzene rings is 1. The highest BCUT2D eigenvalue weighted by Gasteiger charge is 2.39. The van der Waals surface area contributed by atoms with Crippen LogP contribution in [0.1, 0.15) is 38.5 Å². The lowest BCUT2D eigenvalue weighted by Crippen LogP contribution is -2.46. The SMILES string of the molecule is Cn1ccc(O[C@]2(O)CC[C@H](C(=O)N3CCC(Cn4cnc5c(cnn5-c5ccc(F)cc5)c4=O)CC3)CC2)n1. The molecular weight excluding hydrogens is 517 g/mol. The fourth-order valence-electron chi connectivity index (χ4n) is 5.78. The van der Waals surface area contributed by atoms with Crippen LogP contribution in [0.4, 0.5) is 4.39 Å². The largest absolute Gasteiger partial charge is 0.444 e. The van der Waals surface area contributed by atoms with Gasteiger partial charge in [0, 0.05) is 57.7 Å². The molecule has 1 N–H and O–H groups in total. The smallest absolute Gasteiger partial charge is 0.264 e. The summed E-state index contributed by atoms with van der Waals surface area (Å²) in [6, 6.07) is 7.57. The Bertz CT molecular complexity index is 1560. The molecule has 1 aromatic carbocycles. The maximum Gasteiger partial charge on any atom is 0.264 e. The van der Waals surface area contributed by atoms with Crippen LogP contribution in [0.5, 0.6) is 5.88 Å². The first-order chi connectivity index (χ1) is 19.3. The van der Waals surface area contributed by atoms with Crippen molar-refractivity contribution in [1.29, 1.82) is 0 Å². The first-order valence-corrected chi connectivity index (χ1v) is 13.7. The number of rotatable bonds is 6. The number of piperidine rings is 1. The summed E-state index contributed by atoms with van der Waals surface area (Å²) in [7, 11) is 1.79. The number of nitrogens with zero attached hydrogens (tertiary/aromatic N) is 7. The van der Waals surface area contributed by atoms with Crippen molar-refractivity contribution in [3.63, 3.8) is 0 Å². The molecular formula is C28H32FN7O4. The van der Waals surface area contributed by atoms with E-state index in [9.17, 15) is 19.1 Å². The summed E-state index contributed by atoms with van der Waals surface area (Å²) in [5, 5.41) is 19.7. The number of aryl methyl sites for hydroxylation is 1. The van der Waals surface area contributed by atoms with E-state index in [2.05, 4.69) is 15.2 Å². The molecule has 2 aliphatic rings. The summed E-state index contributed by atoms with van der Waals surface area (Å²) in [6.07, 6.45) is 8.28. The molecule has 4 aromatic rings. The number of hydrogen-bond acceptors (Lipinski definition) is 7. The van der Waals surface area contributed by atoms with Crippen LogP contribution in [-0.4, -0.2) is 63.9 Å². The second kappa shape index (κ2) is 10.5. The van der Waals surface area contributed by atoms with Gasteiger partial charge in [0.25, 0.3) is 5.56 Å². The van der Waals surface area contributed by atoms with E-state index in [0.717, 1.165) is 12.8 Å². The third-order valence-corrected chi connectivity index (χ3v) is 8.11. The Hall–Kier alpha value is -4.06. The molecule has 1 amide bonds. The van der Waals surface area contributed by atoms with Gasteiger partial charge in [-0.3, -0.25) is 18.8 Å². The van der Waals surface area contributed by atoms with Crippen LogP contribution in [0.3, 0.4) is 0 Å². The molecule has 40 heavy (non-hydrogen) atoms. The van der Waals surface area contributed by atoms with Crippen molar-refractivity contribution >= 4 is 16.9 Å². The van der Waals surface area contributed by atoms with Crippen LogP contribution in [-0.2, 0) is 18.4 Å². The number of halogens is 1. The number of carbonyl (C=O) groups excluding carboxylic acids is 1. The first-order valence-electron chi connectivity index (χ1n) is 13.7. The minimum absolute atomic E-state index is 0.129. The van der Waals surface area contributed by atoms with Gasteiger partial charge >= 0.3 is 0 Å². The Morgan fingerprint density at radius 1 is 1.12 bits per heavy atom.